The SMILES string of the molecule is Cc1cc(-c2cc(CP)cc(CP)c2)ccc1P.Cc1cc(-c2ccc(CP)c(CP)c2)ccc1P.Cc1cc(-c2ccc(P)cc2)cc(CP)c1CP.Cc1cc(-c2ccc(P)cc2)ccc1-c1ccc(P)cc1.Cc1cc(P)ccc1-c1cc(CP)cc(CP)c1.Cc1cc(P)ccc1-c1ccc(CP)c(CP)c1. The van der Waals surface area contributed by atoms with Gasteiger partial charge in [0.15, 0.2) is 0 Å². The number of benzene rings is 13. The molecular weight excluding hydrogens is 1660 g/mol. The van der Waals surface area contributed by atoms with E-state index < -0.39 is 0 Å². The molecule has 0 aliphatic rings. The second kappa shape index (κ2) is 47.7. The Labute approximate surface area is 707 Å². The van der Waals surface area contributed by atoms with Crippen molar-refractivity contribution in [1.82, 2.24) is 0 Å². The van der Waals surface area contributed by atoms with Gasteiger partial charge in [0.25, 0.3) is 0 Å². The van der Waals surface area contributed by atoms with Gasteiger partial charge in [-0.15, -0.1) is 157 Å². The molecule has 0 nitrogen and oxygen atoms in total. The van der Waals surface area contributed by atoms with Gasteiger partial charge in [-0.1, -0.05) is 249 Å². The number of aryl methyl sites for hydroxylation is 6. The van der Waals surface area contributed by atoms with Crippen LogP contribution in [0.3, 0.4) is 0 Å². The quantitative estimate of drug-likeness (QED) is 0.0797. The van der Waals surface area contributed by atoms with Gasteiger partial charge < -0.3 is 0 Å². The van der Waals surface area contributed by atoms with Crippen LogP contribution in [0.4, 0.5) is 0 Å². The van der Waals surface area contributed by atoms with Gasteiger partial charge in [-0.25, -0.2) is 0 Å². The summed E-state index contributed by atoms with van der Waals surface area (Å²) in [5.41, 5.74) is 40.3. The predicted molar refractivity (Wildman–Crippen MR) is 565 cm³/mol. The molecule has 0 aliphatic heterocycles. The maximum atomic E-state index is 2.83. The summed E-state index contributed by atoms with van der Waals surface area (Å²) in [6.45, 7) is 13.0. The van der Waals surface area contributed by atoms with Gasteiger partial charge in [-0.2, -0.15) is 0 Å². The summed E-state index contributed by atoms with van der Waals surface area (Å²) in [7, 11) is 47.4. The Morgan fingerprint density at radius 3 is 0.856 bits per heavy atom. The van der Waals surface area contributed by atoms with E-state index in [-0.39, 0.29) is 0 Å². The van der Waals surface area contributed by atoms with Gasteiger partial charge in [0, 0.05) is 0 Å². The van der Waals surface area contributed by atoms with Gasteiger partial charge in [0.1, 0.15) is 0 Å². The van der Waals surface area contributed by atoms with Crippen LogP contribution < -0.4 is 37.1 Å². The van der Waals surface area contributed by atoms with E-state index in [0.717, 1.165) is 61.6 Å². The third-order valence-electron chi connectivity index (χ3n) is 19.6. The van der Waals surface area contributed by atoms with Crippen molar-refractivity contribution in [2.45, 2.75) is 103 Å². The first-order valence-electron chi connectivity index (χ1n) is 37.1. The summed E-state index contributed by atoms with van der Waals surface area (Å²) >= 11 is 0. The minimum Gasteiger partial charge on any atom is -0.133 e. The molecule has 17 atom stereocenters. The lowest BCUT2D eigenvalue weighted by molar-refractivity contribution is 1.23. The van der Waals surface area contributed by atoms with Crippen LogP contribution in [0.1, 0.15) is 89.0 Å². The average molecular weight is 1770 g/mol. The van der Waals surface area contributed by atoms with Crippen LogP contribution in [0.25, 0.3) is 77.9 Å². The molecule has 17 unspecified atom stereocenters. The number of hydrogen-bond acceptors (Lipinski definition) is 0. The van der Waals surface area contributed by atoms with Gasteiger partial charge >= 0.3 is 0 Å². The standard InChI is InChI=1S/C19H18P2.5C15H19P3/c1-13-12-16(14-2-7-17(20)8-3-14)6-11-19(13)15-4-9-18(21)10-5-15;1-10-6-12(7-13(8-16)15(10)9-17)11-2-4-14(18)5-3-11;1-10-4-14(18)2-3-15(10)13-6-11(8-16)5-12(7-13)9-17;1-10-4-13(2-3-15(10)18)14-6-11(8-16)5-12(7-14)9-17;1-10-6-11(4-5-15(10)18)12-2-3-13(8-16)14(7-12)9-17;1-10-6-14(18)4-5-15(10)11-2-3-12(8-16)13(7-11)9-17/h2-12H,20-21H2,1H3;5*2-7H,8-9,16-18H2,1H3. The molecule has 13 aromatic carbocycles. The molecule has 0 saturated carbocycles. The third kappa shape index (κ3) is 27.9. The Morgan fingerprint density at radius 1 is 0.171 bits per heavy atom. The van der Waals surface area contributed by atoms with Crippen molar-refractivity contribution in [3.63, 3.8) is 0 Å². The van der Waals surface area contributed by atoms with Gasteiger partial charge in [0.2, 0.25) is 0 Å². The third-order valence-corrected chi connectivity index (χ3v) is 27.3. The number of hydrogen-bond donors (Lipinski definition) is 0. The minimum atomic E-state index is 1.01. The minimum absolute atomic E-state index is 1.01. The van der Waals surface area contributed by atoms with Crippen LogP contribution >= 0.6 is 157 Å². The smallest absolute Gasteiger partial charge is 0.0123 e. The predicted octanol–water partition coefficient (Wildman–Crippen LogP) is 23.9. The maximum absolute atomic E-state index is 2.83. The molecule has 0 spiro atoms. The van der Waals surface area contributed by atoms with Crippen LogP contribution in [0.15, 0.2) is 249 Å². The highest BCUT2D eigenvalue weighted by Crippen LogP contribution is 2.34. The zero-order chi connectivity index (χ0) is 80.4. The number of rotatable bonds is 17. The molecule has 13 rings (SSSR count). The monoisotopic (exact) mass is 1770 g/mol. The Hall–Kier alpha value is -2.83. The zero-order valence-electron chi connectivity index (χ0n) is 65.1. The molecule has 0 heterocycles. The van der Waals surface area contributed by atoms with E-state index in [0.29, 0.717) is 0 Å². The van der Waals surface area contributed by atoms with Gasteiger partial charge in [0.05, 0.1) is 0 Å². The molecule has 111 heavy (non-hydrogen) atoms. The van der Waals surface area contributed by atoms with Crippen molar-refractivity contribution < 1.29 is 0 Å². The highest BCUT2D eigenvalue weighted by molar-refractivity contribution is 7.29. The Bertz CT molecular complexity index is 5180. The molecule has 0 N–H and O–H groups in total. The molecule has 17 heteroatoms. The normalized spacial score (nSPS) is 10.7. The average Bonchev–Trinajstić information content (AvgIpc) is 0.826. The van der Waals surface area contributed by atoms with Gasteiger partial charge in [-0.05, 0) is 307 Å². The Balaban J connectivity index is 0.000000167. The Morgan fingerprint density at radius 2 is 0.450 bits per heavy atom. The molecule has 0 fully saturated rings. The van der Waals surface area contributed by atoms with Crippen molar-refractivity contribution >= 4 is 194 Å². The van der Waals surface area contributed by atoms with E-state index >= 15 is 0 Å². The highest BCUT2D eigenvalue weighted by atomic mass is 31.0. The fourth-order valence-corrected chi connectivity index (χ4v) is 18.2. The van der Waals surface area contributed by atoms with E-state index in [2.05, 4.69) is 447 Å². The first-order chi connectivity index (χ1) is 53.4. The van der Waals surface area contributed by atoms with Crippen LogP contribution in [0, 0.1) is 41.5 Å². The second-order valence-electron chi connectivity index (χ2n) is 27.7. The summed E-state index contributed by atoms with van der Waals surface area (Å²) in [6, 6.07) is 90.8. The maximum Gasteiger partial charge on any atom is -0.0123 e. The molecule has 0 aromatic heterocycles. The molecular formula is C94H113P17. The molecule has 0 aliphatic carbocycles. The van der Waals surface area contributed by atoms with E-state index in [1.165, 1.54) is 204 Å². The fourth-order valence-electron chi connectivity index (χ4n) is 13.1. The van der Waals surface area contributed by atoms with E-state index in [4.69, 9.17) is 0 Å². The van der Waals surface area contributed by atoms with Crippen molar-refractivity contribution in [2.24, 2.45) is 0 Å². The first kappa shape index (κ1) is 93.7. The summed E-state index contributed by atoms with van der Waals surface area (Å²) in [5.74, 6) is 0. The second-order valence-corrected chi connectivity index (χ2v) is 36.4. The van der Waals surface area contributed by atoms with Crippen LogP contribution in [-0.2, 0) is 61.6 Å². The van der Waals surface area contributed by atoms with E-state index in [1.54, 1.807) is 0 Å². The first-order valence-corrected chi connectivity index (χ1v) is 49.3. The topological polar surface area (TPSA) is 0 Å². The van der Waals surface area contributed by atoms with E-state index in [9.17, 15) is 0 Å². The van der Waals surface area contributed by atoms with Gasteiger partial charge in [-0.3, -0.25) is 0 Å². The lowest BCUT2D eigenvalue weighted by Crippen LogP contribution is -1.96. The molecule has 0 radical (unpaired) electrons. The molecule has 0 saturated heterocycles. The van der Waals surface area contributed by atoms with Crippen LogP contribution in [0.2, 0.25) is 0 Å². The van der Waals surface area contributed by atoms with Crippen LogP contribution in [0.5, 0.6) is 0 Å². The Kier molecular flexibility index (Phi) is 40.2. The van der Waals surface area contributed by atoms with E-state index in [1.807, 2.05) is 0 Å². The molecule has 13 aromatic rings. The summed E-state index contributed by atoms with van der Waals surface area (Å²) in [4.78, 5) is 0. The zero-order valence-corrected chi connectivity index (χ0v) is 84.7. The summed E-state index contributed by atoms with van der Waals surface area (Å²) in [5, 5.41) is 8.67. The fraction of sp³-hybridized carbons (Fsp3) is 0.170. The van der Waals surface area contributed by atoms with Crippen molar-refractivity contribution in [1.29, 1.82) is 0 Å². The summed E-state index contributed by atoms with van der Waals surface area (Å²) in [6.07, 6.45) is 10.1. The molecule has 574 valence electrons. The van der Waals surface area contributed by atoms with Crippen molar-refractivity contribution in [2.75, 3.05) is 0 Å². The lowest BCUT2D eigenvalue weighted by Gasteiger charge is -2.13. The highest BCUT2D eigenvalue weighted by Gasteiger charge is 2.13. The molecule has 0 bridgehead atoms. The largest absolute Gasteiger partial charge is 0.133 e. The molecule has 0 amide bonds. The van der Waals surface area contributed by atoms with Crippen molar-refractivity contribution in [3.05, 3.63) is 338 Å². The van der Waals surface area contributed by atoms with Crippen LogP contribution in [-0.4, -0.2) is 0 Å². The summed E-state index contributed by atoms with van der Waals surface area (Å²) < 4.78 is 0. The lowest BCUT2D eigenvalue weighted by atomic mass is 9.96. The van der Waals surface area contributed by atoms with Crippen molar-refractivity contribution in [3.8, 4) is 77.9 Å².